The van der Waals surface area contributed by atoms with E-state index < -0.39 is 17.5 Å². The number of carbonyl (C=O) groups is 2. The lowest BCUT2D eigenvalue weighted by atomic mass is 9.98. The van der Waals surface area contributed by atoms with Crippen LogP contribution in [0.25, 0.3) is 0 Å². The number of ether oxygens (including phenoxy) is 1. The van der Waals surface area contributed by atoms with Gasteiger partial charge in [0.15, 0.2) is 0 Å². The average molecular weight is 244 g/mol. The molecule has 6 nitrogen and oxygen atoms in total. The van der Waals surface area contributed by atoms with Gasteiger partial charge in [0, 0.05) is 13.7 Å². The molecule has 1 saturated carbocycles. The van der Waals surface area contributed by atoms with Gasteiger partial charge in [0.05, 0.1) is 6.10 Å². The topological polar surface area (TPSA) is 87.7 Å². The molecule has 1 aliphatic carbocycles. The summed E-state index contributed by atoms with van der Waals surface area (Å²) >= 11 is 0. The van der Waals surface area contributed by atoms with E-state index in [1.165, 1.54) is 0 Å². The zero-order chi connectivity index (χ0) is 12.9. The zero-order valence-electron chi connectivity index (χ0n) is 10.3. The Kier molecular flexibility index (Phi) is 4.74. The van der Waals surface area contributed by atoms with Gasteiger partial charge in [-0.1, -0.05) is 12.8 Å². The number of amides is 2. The predicted octanol–water partition coefficient (Wildman–Crippen LogP) is 0.718. The molecule has 3 N–H and O–H groups in total. The molecule has 98 valence electrons. The van der Waals surface area contributed by atoms with E-state index >= 15 is 0 Å². The molecule has 0 aliphatic heterocycles. The van der Waals surface area contributed by atoms with Crippen molar-refractivity contribution in [3.05, 3.63) is 0 Å². The molecular weight excluding hydrogens is 224 g/mol. The average Bonchev–Trinajstić information content (AvgIpc) is 2.75. The van der Waals surface area contributed by atoms with Crippen LogP contribution in [0.5, 0.6) is 0 Å². The summed E-state index contributed by atoms with van der Waals surface area (Å²) in [5.74, 6) is -0.954. The first-order valence-corrected chi connectivity index (χ1v) is 5.82. The summed E-state index contributed by atoms with van der Waals surface area (Å²) in [6.45, 7) is 2.18. The van der Waals surface area contributed by atoms with Gasteiger partial charge in [0.25, 0.3) is 0 Å². The van der Waals surface area contributed by atoms with Gasteiger partial charge in [-0.3, -0.25) is 0 Å². The Morgan fingerprint density at radius 2 is 2.00 bits per heavy atom. The highest BCUT2D eigenvalue weighted by Crippen LogP contribution is 2.29. The molecule has 17 heavy (non-hydrogen) atoms. The standard InChI is InChI=1S/C11H20N2O4/c1-8(17-2)7-12-10(16)13-11(9(14)15)5-3-4-6-11/h8H,3-7H2,1-2H3,(H,14,15)(H2,12,13,16). The highest BCUT2D eigenvalue weighted by Gasteiger charge is 2.42. The number of carbonyl (C=O) groups excluding carboxylic acids is 1. The van der Waals surface area contributed by atoms with Crippen molar-refractivity contribution in [3.8, 4) is 0 Å². The summed E-state index contributed by atoms with van der Waals surface area (Å²) in [6, 6.07) is -0.446. The number of urea groups is 1. The van der Waals surface area contributed by atoms with E-state index in [1.807, 2.05) is 6.92 Å². The van der Waals surface area contributed by atoms with Crippen LogP contribution in [0.2, 0.25) is 0 Å². The molecule has 0 bridgehead atoms. The van der Waals surface area contributed by atoms with Crippen LogP contribution >= 0.6 is 0 Å². The molecule has 1 unspecified atom stereocenters. The fourth-order valence-corrected chi connectivity index (χ4v) is 1.95. The molecule has 0 aromatic carbocycles. The summed E-state index contributed by atoms with van der Waals surface area (Å²) < 4.78 is 4.98. The van der Waals surface area contributed by atoms with Gasteiger partial charge in [-0.2, -0.15) is 0 Å². The minimum absolute atomic E-state index is 0.0925. The molecule has 0 heterocycles. The first-order chi connectivity index (χ1) is 8.00. The fourth-order valence-electron chi connectivity index (χ4n) is 1.95. The van der Waals surface area contributed by atoms with Crippen molar-refractivity contribution < 1.29 is 19.4 Å². The van der Waals surface area contributed by atoms with E-state index in [1.54, 1.807) is 7.11 Å². The third-order valence-corrected chi connectivity index (χ3v) is 3.17. The van der Waals surface area contributed by atoms with E-state index in [0.717, 1.165) is 12.8 Å². The molecule has 0 saturated heterocycles. The maximum absolute atomic E-state index is 11.6. The maximum atomic E-state index is 11.6. The van der Waals surface area contributed by atoms with Crippen molar-refractivity contribution in [1.29, 1.82) is 0 Å². The van der Waals surface area contributed by atoms with Crippen molar-refractivity contribution in [2.45, 2.75) is 44.2 Å². The number of hydrogen-bond donors (Lipinski definition) is 3. The van der Waals surface area contributed by atoms with E-state index in [-0.39, 0.29) is 6.10 Å². The van der Waals surface area contributed by atoms with E-state index in [2.05, 4.69) is 10.6 Å². The van der Waals surface area contributed by atoms with Gasteiger partial charge in [0.2, 0.25) is 0 Å². The van der Waals surface area contributed by atoms with Crippen LogP contribution in [0.4, 0.5) is 4.79 Å². The van der Waals surface area contributed by atoms with Crippen LogP contribution in [0.15, 0.2) is 0 Å². The lowest BCUT2D eigenvalue weighted by molar-refractivity contribution is -0.144. The molecule has 0 radical (unpaired) electrons. The largest absolute Gasteiger partial charge is 0.480 e. The lowest BCUT2D eigenvalue weighted by Crippen LogP contribution is -2.56. The third kappa shape index (κ3) is 3.59. The summed E-state index contributed by atoms with van der Waals surface area (Å²) in [7, 11) is 1.56. The highest BCUT2D eigenvalue weighted by molar-refractivity contribution is 5.86. The smallest absolute Gasteiger partial charge is 0.329 e. The Bertz CT molecular complexity index is 287. The van der Waals surface area contributed by atoms with Gasteiger partial charge in [0.1, 0.15) is 5.54 Å². The predicted molar refractivity (Wildman–Crippen MR) is 61.8 cm³/mol. The Labute approximate surface area is 101 Å². The minimum Gasteiger partial charge on any atom is -0.480 e. The summed E-state index contributed by atoms with van der Waals surface area (Å²) in [6.07, 6.45) is 2.57. The molecule has 1 fully saturated rings. The van der Waals surface area contributed by atoms with Crippen molar-refractivity contribution in [3.63, 3.8) is 0 Å². The Hall–Kier alpha value is -1.30. The van der Waals surface area contributed by atoms with Crippen molar-refractivity contribution in [1.82, 2.24) is 10.6 Å². The third-order valence-electron chi connectivity index (χ3n) is 3.17. The summed E-state index contributed by atoms with van der Waals surface area (Å²) in [5, 5.41) is 14.3. The van der Waals surface area contributed by atoms with Gasteiger partial charge in [-0.15, -0.1) is 0 Å². The van der Waals surface area contributed by atoms with E-state index in [9.17, 15) is 9.59 Å². The molecule has 1 atom stereocenters. The molecule has 0 aromatic rings. The number of carboxylic acid groups (broad SMARTS) is 1. The molecular formula is C11H20N2O4. The normalized spacial score (nSPS) is 19.6. The Balaban J connectivity index is 2.45. The van der Waals surface area contributed by atoms with E-state index in [0.29, 0.717) is 19.4 Å². The van der Waals surface area contributed by atoms with Crippen LogP contribution in [0.1, 0.15) is 32.6 Å². The second-order valence-corrected chi connectivity index (χ2v) is 4.48. The SMILES string of the molecule is COC(C)CNC(=O)NC1(C(=O)O)CCCC1. The molecule has 0 spiro atoms. The van der Waals surface area contributed by atoms with E-state index in [4.69, 9.17) is 9.84 Å². The highest BCUT2D eigenvalue weighted by atomic mass is 16.5. The molecule has 6 heteroatoms. The quantitative estimate of drug-likeness (QED) is 0.665. The van der Waals surface area contributed by atoms with Gasteiger partial charge < -0.3 is 20.5 Å². The number of methoxy groups -OCH3 is 1. The molecule has 0 aromatic heterocycles. The van der Waals surface area contributed by atoms with Crippen LogP contribution in [-0.2, 0) is 9.53 Å². The molecule has 1 aliphatic rings. The summed E-state index contributed by atoms with van der Waals surface area (Å²) in [4.78, 5) is 22.8. The number of rotatable bonds is 5. The molecule has 2 amide bonds. The number of nitrogens with one attached hydrogen (secondary N) is 2. The van der Waals surface area contributed by atoms with Crippen molar-refractivity contribution >= 4 is 12.0 Å². The second-order valence-electron chi connectivity index (χ2n) is 4.48. The van der Waals surface area contributed by atoms with Crippen LogP contribution in [0, 0.1) is 0 Å². The maximum Gasteiger partial charge on any atom is 0.329 e. The minimum atomic E-state index is -1.08. The number of aliphatic carboxylic acids is 1. The van der Waals surface area contributed by atoms with Crippen molar-refractivity contribution in [2.24, 2.45) is 0 Å². The number of hydrogen-bond acceptors (Lipinski definition) is 3. The van der Waals surface area contributed by atoms with Gasteiger partial charge >= 0.3 is 12.0 Å². The second kappa shape index (κ2) is 5.86. The number of carboxylic acids is 1. The van der Waals surface area contributed by atoms with Gasteiger partial charge in [-0.05, 0) is 19.8 Å². The lowest BCUT2D eigenvalue weighted by Gasteiger charge is -2.25. The van der Waals surface area contributed by atoms with Gasteiger partial charge in [-0.25, -0.2) is 9.59 Å². The van der Waals surface area contributed by atoms with Crippen LogP contribution in [0.3, 0.4) is 0 Å². The molecule has 1 rings (SSSR count). The zero-order valence-corrected chi connectivity index (χ0v) is 10.3. The Morgan fingerprint density at radius 1 is 1.41 bits per heavy atom. The monoisotopic (exact) mass is 244 g/mol. The van der Waals surface area contributed by atoms with Crippen LogP contribution < -0.4 is 10.6 Å². The Morgan fingerprint density at radius 3 is 2.47 bits per heavy atom. The first-order valence-electron chi connectivity index (χ1n) is 5.82. The van der Waals surface area contributed by atoms with Crippen LogP contribution in [-0.4, -0.2) is 42.4 Å². The first kappa shape index (κ1) is 13.8. The fraction of sp³-hybridized carbons (Fsp3) is 0.818. The van der Waals surface area contributed by atoms with Crippen molar-refractivity contribution in [2.75, 3.05) is 13.7 Å². The summed E-state index contributed by atoms with van der Waals surface area (Å²) in [5.41, 5.74) is -1.08.